The van der Waals surface area contributed by atoms with Gasteiger partial charge in [0, 0.05) is 57.1 Å². The quantitative estimate of drug-likeness (QED) is 0.532. The van der Waals surface area contributed by atoms with Crippen molar-refractivity contribution in [1.82, 2.24) is 15.0 Å². The Hall–Kier alpha value is -2.93. The second kappa shape index (κ2) is 9.69. The third kappa shape index (κ3) is 4.63. The number of nitrogens with zero attached hydrogens (tertiary/aromatic N) is 6. The predicted octanol–water partition coefficient (Wildman–Crippen LogP) is 4.81. The van der Waals surface area contributed by atoms with E-state index in [0.717, 1.165) is 62.2 Å². The van der Waals surface area contributed by atoms with Gasteiger partial charge in [-0.15, -0.1) is 0 Å². The largest absolute Gasteiger partial charge is 0.353 e. The number of piperazine rings is 1. The van der Waals surface area contributed by atoms with Crippen molar-refractivity contribution in [3.63, 3.8) is 0 Å². The summed E-state index contributed by atoms with van der Waals surface area (Å²) in [4.78, 5) is 20.7. The lowest BCUT2D eigenvalue weighted by molar-refractivity contribution is 0.618. The Morgan fingerprint density at radius 2 is 1.72 bits per heavy atom. The molecule has 0 amide bonds. The highest BCUT2D eigenvalue weighted by Gasteiger charge is 2.22. The number of hydrogen-bond donors (Lipinski definition) is 0. The second-order valence-corrected chi connectivity index (χ2v) is 8.24. The molecule has 0 N–H and O–H groups in total. The first-order chi connectivity index (χ1) is 15.5. The number of benzene rings is 1. The van der Waals surface area contributed by atoms with E-state index in [4.69, 9.17) is 21.6 Å². The highest BCUT2D eigenvalue weighted by molar-refractivity contribution is 6.32. The molecule has 0 unspecified atom stereocenters. The number of anilines is 3. The first-order valence-corrected chi connectivity index (χ1v) is 11.4. The van der Waals surface area contributed by atoms with Crippen LogP contribution in [0.25, 0.3) is 11.3 Å². The maximum absolute atomic E-state index is 13.8. The lowest BCUT2D eigenvalue weighted by Crippen LogP contribution is -2.47. The van der Waals surface area contributed by atoms with Crippen LogP contribution >= 0.6 is 11.6 Å². The van der Waals surface area contributed by atoms with Gasteiger partial charge in [0.25, 0.3) is 0 Å². The van der Waals surface area contributed by atoms with Crippen LogP contribution < -0.4 is 14.7 Å². The monoisotopic (exact) mass is 454 g/mol. The molecule has 0 saturated carbocycles. The normalized spacial score (nSPS) is 14.0. The summed E-state index contributed by atoms with van der Waals surface area (Å²) in [5.74, 6) is 2.18. The Labute approximate surface area is 193 Å². The molecular formula is C24H28ClFN6. The van der Waals surface area contributed by atoms with Gasteiger partial charge >= 0.3 is 0 Å². The molecule has 6 nitrogen and oxygen atoms in total. The Morgan fingerprint density at radius 1 is 1.00 bits per heavy atom. The van der Waals surface area contributed by atoms with E-state index in [1.807, 2.05) is 24.3 Å². The first kappa shape index (κ1) is 22.3. The minimum Gasteiger partial charge on any atom is -0.353 e. The summed E-state index contributed by atoms with van der Waals surface area (Å²) in [6.07, 6.45) is 1.77. The molecule has 32 heavy (non-hydrogen) atoms. The zero-order chi connectivity index (χ0) is 22.7. The van der Waals surface area contributed by atoms with Crippen LogP contribution in [0.1, 0.15) is 19.4 Å². The number of halogens is 2. The Morgan fingerprint density at radius 3 is 2.38 bits per heavy atom. The molecule has 0 bridgehead atoms. The molecule has 0 atom stereocenters. The molecule has 0 radical (unpaired) electrons. The Bertz CT molecular complexity index is 1080. The van der Waals surface area contributed by atoms with E-state index in [-0.39, 0.29) is 5.82 Å². The van der Waals surface area contributed by atoms with Crippen LogP contribution in [-0.4, -0.2) is 54.2 Å². The van der Waals surface area contributed by atoms with E-state index in [0.29, 0.717) is 16.5 Å². The first-order valence-electron chi connectivity index (χ1n) is 11.0. The van der Waals surface area contributed by atoms with Crippen LogP contribution in [0.3, 0.4) is 0 Å². The summed E-state index contributed by atoms with van der Waals surface area (Å²) in [7, 11) is 0. The fourth-order valence-corrected chi connectivity index (χ4v) is 4.18. The highest BCUT2D eigenvalue weighted by atomic mass is 35.5. The maximum Gasteiger partial charge on any atom is 0.227 e. The van der Waals surface area contributed by atoms with E-state index in [1.54, 1.807) is 19.2 Å². The van der Waals surface area contributed by atoms with Crippen LogP contribution in [0.4, 0.5) is 22.0 Å². The molecule has 3 aromatic rings. The van der Waals surface area contributed by atoms with E-state index in [1.165, 1.54) is 6.07 Å². The summed E-state index contributed by atoms with van der Waals surface area (Å²) in [5.41, 5.74) is 2.29. The average molecular weight is 455 g/mol. The van der Waals surface area contributed by atoms with E-state index in [2.05, 4.69) is 33.5 Å². The molecule has 1 aliphatic heterocycles. The molecular weight excluding hydrogens is 427 g/mol. The van der Waals surface area contributed by atoms with Gasteiger partial charge in [-0.1, -0.05) is 11.6 Å². The minimum atomic E-state index is -0.212. The van der Waals surface area contributed by atoms with Crippen molar-refractivity contribution >= 4 is 29.2 Å². The van der Waals surface area contributed by atoms with Crippen LogP contribution in [0.15, 0.2) is 42.6 Å². The van der Waals surface area contributed by atoms with Crippen molar-refractivity contribution in [2.75, 3.05) is 54.0 Å². The Balaban J connectivity index is 1.63. The zero-order valence-corrected chi connectivity index (χ0v) is 19.5. The molecule has 3 heterocycles. The van der Waals surface area contributed by atoms with Gasteiger partial charge in [0.2, 0.25) is 5.95 Å². The van der Waals surface area contributed by atoms with Gasteiger partial charge in [-0.25, -0.2) is 14.4 Å². The van der Waals surface area contributed by atoms with Gasteiger partial charge in [-0.2, -0.15) is 4.98 Å². The highest BCUT2D eigenvalue weighted by Crippen LogP contribution is 2.28. The predicted molar refractivity (Wildman–Crippen MR) is 129 cm³/mol. The fraction of sp³-hybridized carbons (Fsp3) is 0.375. The van der Waals surface area contributed by atoms with Crippen LogP contribution in [0.5, 0.6) is 0 Å². The van der Waals surface area contributed by atoms with Crippen molar-refractivity contribution in [2.45, 2.75) is 20.8 Å². The van der Waals surface area contributed by atoms with Crippen molar-refractivity contribution in [2.24, 2.45) is 0 Å². The van der Waals surface area contributed by atoms with Gasteiger partial charge in [0.15, 0.2) is 0 Å². The van der Waals surface area contributed by atoms with Crippen molar-refractivity contribution in [3.05, 3.63) is 59.0 Å². The number of aromatic nitrogens is 3. The van der Waals surface area contributed by atoms with Crippen molar-refractivity contribution in [1.29, 1.82) is 0 Å². The lowest BCUT2D eigenvalue weighted by atomic mass is 10.1. The van der Waals surface area contributed by atoms with Gasteiger partial charge in [-0.05, 0) is 56.7 Å². The van der Waals surface area contributed by atoms with Gasteiger partial charge in [0.05, 0.1) is 10.7 Å². The molecule has 1 saturated heterocycles. The molecule has 1 fully saturated rings. The molecule has 4 rings (SSSR count). The number of hydrogen-bond acceptors (Lipinski definition) is 6. The molecule has 0 aliphatic carbocycles. The number of pyridine rings is 1. The second-order valence-electron chi connectivity index (χ2n) is 7.83. The number of rotatable bonds is 6. The van der Waals surface area contributed by atoms with E-state index < -0.39 is 0 Å². The molecule has 2 aromatic heterocycles. The minimum absolute atomic E-state index is 0.212. The van der Waals surface area contributed by atoms with Gasteiger partial charge in [0.1, 0.15) is 17.5 Å². The fourth-order valence-electron chi connectivity index (χ4n) is 3.94. The van der Waals surface area contributed by atoms with Crippen LogP contribution in [0, 0.1) is 12.7 Å². The third-order valence-corrected chi connectivity index (χ3v) is 6.14. The van der Waals surface area contributed by atoms with Crippen LogP contribution in [-0.2, 0) is 0 Å². The molecule has 0 spiro atoms. The summed E-state index contributed by atoms with van der Waals surface area (Å²) in [6.45, 7) is 10.8. The Kier molecular flexibility index (Phi) is 6.74. The summed E-state index contributed by atoms with van der Waals surface area (Å²) >= 11 is 6.34. The van der Waals surface area contributed by atoms with Gasteiger partial charge in [-0.3, -0.25) is 0 Å². The summed E-state index contributed by atoms with van der Waals surface area (Å²) < 4.78 is 13.8. The van der Waals surface area contributed by atoms with E-state index >= 15 is 0 Å². The molecule has 8 heteroatoms. The van der Waals surface area contributed by atoms with Crippen molar-refractivity contribution in [3.8, 4) is 11.3 Å². The lowest BCUT2D eigenvalue weighted by Gasteiger charge is -2.36. The summed E-state index contributed by atoms with van der Waals surface area (Å²) in [6, 6.07) is 10.8. The summed E-state index contributed by atoms with van der Waals surface area (Å²) in [5, 5.41) is 0.667. The SMILES string of the molecule is CCN(CC)c1nc(-c2ccc(F)c(C)c2)cc(N2CCN(c3ncccc3Cl)CC2)n1. The van der Waals surface area contributed by atoms with Crippen LogP contribution in [0.2, 0.25) is 5.02 Å². The molecule has 168 valence electrons. The topological polar surface area (TPSA) is 48.4 Å². The average Bonchev–Trinajstić information content (AvgIpc) is 2.82. The standard InChI is InChI=1S/C24H28ClFN6/c1-4-30(5-2)24-28-21(18-8-9-20(26)17(3)15-18)16-22(29-24)31-11-13-32(14-12-31)23-19(25)7-6-10-27-23/h6-10,15-16H,4-5,11-14H2,1-3H3. The van der Waals surface area contributed by atoms with Crippen molar-refractivity contribution < 1.29 is 4.39 Å². The molecule has 1 aromatic carbocycles. The number of aryl methyl sites for hydroxylation is 1. The smallest absolute Gasteiger partial charge is 0.227 e. The zero-order valence-electron chi connectivity index (χ0n) is 18.7. The maximum atomic E-state index is 13.8. The van der Waals surface area contributed by atoms with E-state index in [9.17, 15) is 4.39 Å². The van der Waals surface area contributed by atoms with Gasteiger partial charge < -0.3 is 14.7 Å². The third-order valence-electron chi connectivity index (χ3n) is 5.84. The molecule has 1 aliphatic rings.